The molecule has 26 heavy (non-hydrogen) atoms. The number of aromatic nitrogens is 1. The minimum Gasteiger partial charge on any atom is -0.378 e. The van der Waals surface area contributed by atoms with E-state index < -0.39 is 0 Å². The summed E-state index contributed by atoms with van der Waals surface area (Å²) < 4.78 is 14.7. The Morgan fingerprint density at radius 3 is 2.46 bits per heavy atom. The molecule has 0 aliphatic carbocycles. The number of nitrogens with zero attached hydrogens (tertiary/aromatic N) is 3. The highest BCUT2D eigenvalue weighted by Gasteiger charge is 2.20. The Balaban J connectivity index is 1.50. The molecule has 0 saturated heterocycles. The third-order valence-corrected chi connectivity index (χ3v) is 4.92. The molecular formula is C22H22FN3. The zero-order valence-electron chi connectivity index (χ0n) is 15.1. The predicted octanol–water partition coefficient (Wildman–Crippen LogP) is 4.47. The fourth-order valence-electron chi connectivity index (χ4n) is 3.43. The van der Waals surface area contributed by atoms with E-state index >= 15 is 0 Å². The van der Waals surface area contributed by atoms with Crippen LogP contribution in [-0.4, -0.2) is 24.0 Å². The maximum absolute atomic E-state index is 14.7. The maximum Gasteiger partial charge on any atom is 0.128 e. The summed E-state index contributed by atoms with van der Waals surface area (Å²) in [5, 5.41) is 0. The number of halogens is 1. The summed E-state index contributed by atoms with van der Waals surface area (Å²) >= 11 is 0. The van der Waals surface area contributed by atoms with Crippen molar-refractivity contribution in [2.45, 2.75) is 19.6 Å². The molecule has 4 heteroatoms. The van der Waals surface area contributed by atoms with Gasteiger partial charge in [-0.2, -0.15) is 0 Å². The number of fused-ring (bicyclic) bond motifs is 1. The summed E-state index contributed by atoms with van der Waals surface area (Å²) in [5.74, 6) is -0.150. The van der Waals surface area contributed by atoms with Crippen LogP contribution < -0.4 is 4.90 Å². The number of hydrogen-bond acceptors (Lipinski definition) is 3. The van der Waals surface area contributed by atoms with Crippen molar-refractivity contribution in [2.75, 3.05) is 19.0 Å². The lowest BCUT2D eigenvalue weighted by Gasteiger charge is -2.16. The standard InChI is InChI=1S/C22H22FN3/c1-25(2)20-9-7-16(8-10-20)17-5-6-18(21(23)12-17)13-26-14-19-4-3-11-24-22(19)15-26/h3-12H,13-15H2,1-2H3. The van der Waals surface area contributed by atoms with Crippen LogP contribution in [0.15, 0.2) is 60.8 Å². The molecule has 0 N–H and O–H groups in total. The van der Waals surface area contributed by atoms with Gasteiger partial charge in [-0.15, -0.1) is 0 Å². The lowest BCUT2D eigenvalue weighted by atomic mass is 10.0. The summed E-state index contributed by atoms with van der Waals surface area (Å²) in [5.41, 5.74) is 6.14. The Hall–Kier alpha value is -2.72. The maximum atomic E-state index is 14.7. The molecule has 0 amide bonds. The van der Waals surface area contributed by atoms with E-state index in [4.69, 9.17) is 0 Å². The van der Waals surface area contributed by atoms with Crippen molar-refractivity contribution in [3.63, 3.8) is 0 Å². The van der Waals surface area contributed by atoms with Gasteiger partial charge in [-0.3, -0.25) is 9.88 Å². The van der Waals surface area contributed by atoms with Crippen LogP contribution in [0.2, 0.25) is 0 Å². The number of hydrogen-bond donors (Lipinski definition) is 0. The van der Waals surface area contributed by atoms with Crippen molar-refractivity contribution in [2.24, 2.45) is 0 Å². The normalized spacial score (nSPS) is 13.7. The summed E-state index contributed by atoms with van der Waals surface area (Å²) in [6.45, 7) is 2.21. The van der Waals surface area contributed by atoms with Gasteiger partial charge in [-0.25, -0.2) is 4.39 Å². The van der Waals surface area contributed by atoms with Gasteiger partial charge in [0, 0.05) is 51.2 Å². The first-order chi connectivity index (χ1) is 12.6. The molecule has 1 aliphatic rings. The second kappa shape index (κ2) is 6.89. The van der Waals surface area contributed by atoms with E-state index in [0.717, 1.165) is 41.2 Å². The molecule has 0 atom stereocenters. The van der Waals surface area contributed by atoms with Crippen LogP contribution >= 0.6 is 0 Å². The molecule has 1 aliphatic heterocycles. The second-order valence-electron chi connectivity index (χ2n) is 7.00. The summed E-state index contributed by atoms with van der Waals surface area (Å²) in [4.78, 5) is 8.68. The van der Waals surface area contributed by atoms with E-state index in [1.807, 2.05) is 50.6 Å². The van der Waals surface area contributed by atoms with E-state index in [1.54, 1.807) is 6.07 Å². The van der Waals surface area contributed by atoms with Crippen molar-refractivity contribution in [1.29, 1.82) is 0 Å². The minimum absolute atomic E-state index is 0.150. The van der Waals surface area contributed by atoms with Crippen LogP contribution in [0.1, 0.15) is 16.8 Å². The molecule has 4 rings (SSSR count). The first kappa shape index (κ1) is 16.7. The average molecular weight is 347 g/mol. The largest absolute Gasteiger partial charge is 0.378 e. The molecule has 0 saturated carbocycles. The molecule has 0 fully saturated rings. The third-order valence-electron chi connectivity index (χ3n) is 4.92. The van der Waals surface area contributed by atoms with Crippen LogP contribution in [0.25, 0.3) is 11.1 Å². The van der Waals surface area contributed by atoms with Crippen molar-refractivity contribution in [3.05, 3.63) is 83.4 Å². The number of benzene rings is 2. The van der Waals surface area contributed by atoms with Crippen LogP contribution in [0.5, 0.6) is 0 Å². The van der Waals surface area contributed by atoms with E-state index in [9.17, 15) is 4.39 Å². The highest BCUT2D eigenvalue weighted by molar-refractivity contribution is 5.66. The molecule has 3 aromatic rings. The Kier molecular flexibility index (Phi) is 4.43. The molecule has 0 bridgehead atoms. The van der Waals surface area contributed by atoms with Crippen LogP contribution in [0.4, 0.5) is 10.1 Å². The van der Waals surface area contributed by atoms with Crippen molar-refractivity contribution < 1.29 is 4.39 Å². The lowest BCUT2D eigenvalue weighted by Crippen LogP contribution is -2.16. The topological polar surface area (TPSA) is 19.4 Å². The van der Waals surface area contributed by atoms with Crippen LogP contribution in [-0.2, 0) is 19.6 Å². The van der Waals surface area contributed by atoms with Gasteiger partial charge in [0.25, 0.3) is 0 Å². The van der Waals surface area contributed by atoms with Crippen molar-refractivity contribution in [3.8, 4) is 11.1 Å². The highest BCUT2D eigenvalue weighted by Crippen LogP contribution is 2.27. The first-order valence-electron chi connectivity index (χ1n) is 8.81. The molecule has 0 spiro atoms. The molecule has 2 heterocycles. The molecular weight excluding hydrogens is 325 g/mol. The quantitative estimate of drug-likeness (QED) is 0.694. The fraction of sp³-hybridized carbons (Fsp3) is 0.227. The Bertz CT molecular complexity index is 894. The summed E-state index contributed by atoms with van der Waals surface area (Å²) in [6.07, 6.45) is 1.82. The zero-order valence-corrected chi connectivity index (χ0v) is 15.1. The van der Waals surface area contributed by atoms with Gasteiger partial charge in [0.2, 0.25) is 0 Å². The van der Waals surface area contributed by atoms with E-state index in [-0.39, 0.29) is 5.82 Å². The number of rotatable bonds is 4. The lowest BCUT2D eigenvalue weighted by molar-refractivity contribution is 0.270. The summed E-state index contributed by atoms with van der Waals surface area (Å²) in [6, 6.07) is 17.8. The molecule has 3 nitrogen and oxygen atoms in total. The van der Waals surface area contributed by atoms with Gasteiger partial charge in [-0.1, -0.05) is 30.3 Å². The van der Waals surface area contributed by atoms with Gasteiger partial charge < -0.3 is 4.90 Å². The van der Waals surface area contributed by atoms with Gasteiger partial charge >= 0.3 is 0 Å². The third kappa shape index (κ3) is 3.33. The smallest absolute Gasteiger partial charge is 0.128 e. The average Bonchev–Trinajstić information content (AvgIpc) is 3.06. The fourth-order valence-corrected chi connectivity index (χ4v) is 3.43. The monoisotopic (exact) mass is 347 g/mol. The van der Waals surface area contributed by atoms with Gasteiger partial charge in [0.15, 0.2) is 0 Å². The molecule has 1 aromatic heterocycles. The SMILES string of the molecule is CN(C)c1ccc(-c2ccc(CN3Cc4cccnc4C3)c(F)c2)cc1. The molecule has 0 unspecified atom stereocenters. The van der Waals surface area contributed by atoms with Gasteiger partial charge in [0.1, 0.15) is 5.82 Å². The Morgan fingerprint density at radius 1 is 1.00 bits per heavy atom. The van der Waals surface area contributed by atoms with Crippen LogP contribution in [0.3, 0.4) is 0 Å². The minimum atomic E-state index is -0.150. The van der Waals surface area contributed by atoms with Crippen LogP contribution in [0, 0.1) is 5.82 Å². The summed E-state index contributed by atoms with van der Waals surface area (Å²) in [7, 11) is 4.02. The molecule has 0 radical (unpaired) electrons. The second-order valence-corrected chi connectivity index (χ2v) is 7.00. The number of pyridine rings is 1. The first-order valence-corrected chi connectivity index (χ1v) is 8.81. The van der Waals surface area contributed by atoms with Crippen molar-refractivity contribution >= 4 is 5.69 Å². The molecule has 132 valence electrons. The van der Waals surface area contributed by atoms with Crippen molar-refractivity contribution in [1.82, 2.24) is 9.88 Å². The van der Waals surface area contributed by atoms with E-state index in [0.29, 0.717) is 6.54 Å². The van der Waals surface area contributed by atoms with E-state index in [1.165, 1.54) is 5.56 Å². The molecule has 2 aromatic carbocycles. The van der Waals surface area contributed by atoms with E-state index in [2.05, 4.69) is 33.0 Å². The highest BCUT2D eigenvalue weighted by atomic mass is 19.1. The Labute approximate surface area is 153 Å². The van der Waals surface area contributed by atoms with Gasteiger partial charge in [0.05, 0.1) is 5.69 Å². The Morgan fingerprint density at radius 2 is 1.77 bits per heavy atom. The van der Waals surface area contributed by atoms with Gasteiger partial charge in [-0.05, 0) is 41.0 Å². The predicted molar refractivity (Wildman–Crippen MR) is 103 cm³/mol. The zero-order chi connectivity index (χ0) is 18.1. The number of anilines is 1.